The normalized spacial score (nSPS) is 20.9. The number of piperazine rings is 1. The summed E-state index contributed by atoms with van der Waals surface area (Å²) in [6, 6.07) is 12.4. The first-order valence-corrected chi connectivity index (χ1v) is 15.1. The van der Waals surface area contributed by atoms with Gasteiger partial charge in [-0.25, -0.2) is 14.5 Å². The second-order valence-electron chi connectivity index (χ2n) is 11.4. The first kappa shape index (κ1) is 28.5. The van der Waals surface area contributed by atoms with Crippen molar-refractivity contribution in [3.05, 3.63) is 66.2 Å². The fourth-order valence-corrected chi connectivity index (χ4v) is 6.24. The highest BCUT2D eigenvalue weighted by atomic mass is 16.6. The monoisotopic (exact) mass is 596 g/mol. The number of likely N-dealkylation sites (tertiary alicyclic amines) is 1. The van der Waals surface area contributed by atoms with Gasteiger partial charge in [0.15, 0.2) is 0 Å². The molecule has 2 unspecified atom stereocenters. The molecule has 0 saturated carbocycles. The topological polar surface area (TPSA) is 114 Å². The minimum atomic E-state index is 0.149. The van der Waals surface area contributed by atoms with Gasteiger partial charge in [-0.1, -0.05) is 6.07 Å². The third-order valence-electron chi connectivity index (χ3n) is 8.59. The van der Waals surface area contributed by atoms with Gasteiger partial charge in [0.25, 0.3) is 0 Å². The third-order valence-corrected chi connectivity index (χ3v) is 8.59. The summed E-state index contributed by atoms with van der Waals surface area (Å²) in [6.45, 7) is 8.86. The van der Waals surface area contributed by atoms with Gasteiger partial charge in [0.2, 0.25) is 5.88 Å². The number of pyridine rings is 3. The van der Waals surface area contributed by atoms with Crippen molar-refractivity contribution in [2.45, 2.75) is 18.8 Å². The minimum Gasteiger partial charge on any atom is -0.491 e. The van der Waals surface area contributed by atoms with E-state index in [1.54, 1.807) is 17.8 Å². The van der Waals surface area contributed by atoms with Gasteiger partial charge in [0.1, 0.15) is 24.2 Å². The van der Waals surface area contributed by atoms with Crippen LogP contribution in [0.4, 0.5) is 5.82 Å². The van der Waals surface area contributed by atoms with Crippen molar-refractivity contribution in [2.75, 3.05) is 77.6 Å². The van der Waals surface area contributed by atoms with Crippen LogP contribution in [-0.4, -0.2) is 114 Å². The molecule has 3 aliphatic rings. The van der Waals surface area contributed by atoms with Crippen molar-refractivity contribution in [1.82, 2.24) is 29.4 Å². The predicted octanol–water partition coefficient (Wildman–Crippen LogP) is 2.47. The molecule has 0 bridgehead atoms. The molecule has 3 saturated heterocycles. The number of anilines is 1. The van der Waals surface area contributed by atoms with Crippen LogP contribution >= 0.6 is 0 Å². The molecule has 0 amide bonds. The molecular formula is C32H36N8O4. The molecular weight excluding hydrogens is 560 g/mol. The Labute approximate surface area is 256 Å². The number of nitriles is 1. The molecule has 228 valence electrons. The second-order valence-corrected chi connectivity index (χ2v) is 11.4. The van der Waals surface area contributed by atoms with Crippen LogP contribution in [0.15, 0.2) is 55.1 Å². The van der Waals surface area contributed by atoms with Crippen molar-refractivity contribution in [3.8, 4) is 28.8 Å². The van der Waals surface area contributed by atoms with Crippen molar-refractivity contribution in [2.24, 2.45) is 0 Å². The fraction of sp³-hybridized carbons (Fsp3) is 0.438. The number of hydrogen-bond donors (Lipinski definition) is 0. The maximum Gasteiger partial charge on any atom is 0.212 e. The van der Waals surface area contributed by atoms with Crippen LogP contribution in [0.5, 0.6) is 11.6 Å². The Morgan fingerprint density at radius 1 is 0.955 bits per heavy atom. The molecule has 4 aromatic rings. The van der Waals surface area contributed by atoms with Crippen LogP contribution < -0.4 is 14.4 Å². The summed E-state index contributed by atoms with van der Waals surface area (Å²) in [5.41, 5.74) is 4.20. The molecule has 0 aromatic carbocycles. The van der Waals surface area contributed by atoms with Gasteiger partial charge in [-0.3, -0.25) is 9.80 Å². The average molecular weight is 597 g/mol. The summed E-state index contributed by atoms with van der Waals surface area (Å²) < 4.78 is 24.8. The molecule has 2 atom stereocenters. The van der Waals surface area contributed by atoms with Gasteiger partial charge in [-0.15, -0.1) is 0 Å². The summed E-state index contributed by atoms with van der Waals surface area (Å²) in [6.07, 6.45) is 7.48. The molecule has 7 rings (SSSR count). The molecule has 0 radical (unpaired) electrons. The average Bonchev–Trinajstić information content (AvgIpc) is 3.69. The maximum absolute atomic E-state index is 9.77. The number of rotatable bonds is 9. The predicted molar refractivity (Wildman–Crippen MR) is 163 cm³/mol. The van der Waals surface area contributed by atoms with E-state index in [9.17, 15) is 5.26 Å². The summed E-state index contributed by atoms with van der Waals surface area (Å²) in [7, 11) is 1.63. The summed E-state index contributed by atoms with van der Waals surface area (Å²) in [5, 5.41) is 14.2. The van der Waals surface area contributed by atoms with E-state index in [4.69, 9.17) is 23.9 Å². The van der Waals surface area contributed by atoms with Crippen molar-refractivity contribution < 1.29 is 18.9 Å². The van der Waals surface area contributed by atoms with Gasteiger partial charge >= 0.3 is 0 Å². The number of aromatic nitrogens is 4. The number of nitrogens with zero attached hydrogens (tertiary/aromatic N) is 8. The quantitative estimate of drug-likeness (QED) is 0.284. The standard InChI is InChI=1S/C32H36N8O4/c1-41-31-5-2-23(16-35-31)19-37-6-8-39(9-7-37)30-4-3-24(17-34-30)27-14-26(20-40-32(27)25(15-33)18-36-40)42-11-10-38-21-28-29(22-38)44-13-12-43-28/h2-5,14,16-18,20,28-29H,6-13,19,21-22H2,1H3. The Morgan fingerprint density at radius 2 is 1.77 bits per heavy atom. The molecule has 7 heterocycles. The van der Waals surface area contributed by atoms with Gasteiger partial charge in [0.05, 0.1) is 56.0 Å². The Kier molecular flexibility index (Phi) is 8.26. The van der Waals surface area contributed by atoms with Gasteiger partial charge < -0.3 is 23.8 Å². The van der Waals surface area contributed by atoms with Crippen LogP contribution in [0.3, 0.4) is 0 Å². The Hall–Kier alpha value is -4.28. The van der Waals surface area contributed by atoms with Crippen LogP contribution in [0, 0.1) is 11.3 Å². The smallest absolute Gasteiger partial charge is 0.212 e. The molecule has 4 aromatic heterocycles. The SMILES string of the molecule is COc1ccc(CN2CCN(c3ccc(-c4cc(OCCN5CC6OCCOC6C5)cn5ncc(C#N)c45)cn3)CC2)cn1. The lowest BCUT2D eigenvalue weighted by Gasteiger charge is -2.35. The van der Waals surface area contributed by atoms with E-state index < -0.39 is 0 Å². The van der Waals surface area contributed by atoms with E-state index in [1.165, 1.54) is 5.56 Å². The fourth-order valence-electron chi connectivity index (χ4n) is 6.24. The van der Waals surface area contributed by atoms with E-state index in [1.807, 2.05) is 30.7 Å². The second kappa shape index (κ2) is 12.8. The van der Waals surface area contributed by atoms with Gasteiger partial charge in [-0.2, -0.15) is 10.4 Å². The van der Waals surface area contributed by atoms with Crippen LogP contribution in [0.1, 0.15) is 11.1 Å². The summed E-state index contributed by atoms with van der Waals surface area (Å²) in [5.74, 6) is 2.26. The summed E-state index contributed by atoms with van der Waals surface area (Å²) in [4.78, 5) is 16.2. The zero-order chi connectivity index (χ0) is 29.9. The Bertz CT molecular complexity index is 1600. The Balaban J connectivity index is 1.01. The number of ether oxygens (including phenoxy) is 4. The van der Waals surface area contributed by atoms with Crippen LogP contribution in [0.25, 0.3) is 16.6 Å². The van der Waals surface area contributed by atoms with Crippen molar-refractivity contribution >= 4 is 11.3 Å². The van der Waals surface area contributed by atoms with Gasteiger partial charge in [0, 0.05) is 81.9 Å². The zero-order valence-electron chi connectivity index (χ0n) is 24.8. The molecule has 44 heavy (non-hydrogen) atoms. The lowest BCUT2D eigenvalue weighted by molar-refractivity contribution is -0.116. The van der Waals surface area contributed by atoms with Crippen LogP contribution in [-0.2, 0) is 16.0 Å². The van der Waals surface area contributed by atoms with Crippen LogP contribution in [0.2, 0.25) is 0 Å². The molecule has 0 N–H and O–H groups in total. The highest BCUT2D eigenvalue weighted by Crippen LogP contribution is 2.31. The van der Waals surface area contributed by atoms with E-state index in [2.05, 4.69) is 49.1 Å². The molecule has 3 fully saturated rings. The lowest BCUT2D eigenvalue weighted by atomic mass is 10.1. The van der Waals surface area contributed by atoms with E-state index in [-0.39, 0.29) is 12.2 Å². The van der Waals surface area contributed by atoms with E-state index >= 15 is 0 Å². The minimum absolute atomic E-state index is 0.149. The van der Waals surface area contributed by atoms with Crippen molar-refractivity contribution in [1.29, 1.82) is 5.26 Å². The highest BCUT2D eigenvalue weighted by molar-refractivity contribution is 5.85. The van der Waals surface area contributed by atoms with E-state index in [0.29, 0.717) is 37.0 Å². The number of methoxy groups -OCH3 is 1. The van der Waals surface area contributed by atoms with E-state index in [0.717, 1.165) is 74.8 Å². The summed E-state index contributed by atoms with van der Waals surface area (Å²) >= 11 is 0. The van der Waals surface area contributed by atoms with Gasteiger partial charge in [-0.05, 0) is 23.8 Å². The first-order valence-electron chi connectivity index (χ1n) is 15.1. The molecule has 0 spiro atoms. The first-order chi connectivity index (χ1) is 21.7. The number of fused-ring (bicyclic) bond motifs is 2. The van der Waals surface area contributed by atoms with Crippen molar-refractivity contribution in [3.63, 3.8) is 0 Å². The molecule has 3 aliphatic heterocycles. The third kappa shape index (κ3) is 6.05. The maximum atomic E-state index is 9.77. The molecule has 12 nitrogen and oxygen atoms in total. The molecule has 12 heteroatoms. The zero-order valence-corrected chi connectivity index (χ0v) is 24.8. The largest absolute Gasteiger partial charge is 0.491 e. The molecule has 0 aliphatic carbocycles. The number of hydrogen-bond acceptors (Lipinski definition) is 11. The lowest BCUT2D eigenvalue weighted by Crippen LogP contribution is -2.46. The highest BCUT2D eigenvalue weighted by Gasteiger charge is 2.36. The Morgan fingerprint density at radius 3 is 2.45 bits per heavy atom.